The lowest BCUT2D eigenvalue weighted by molar-refractivity contribution is -0.126. The van der Waals surface area contributed by atoms with Crippen molar-refractivity contribution >= 4 is 22.8 Å². The third kappa shape index (κ3) is 3.79. The number of nitrogens with one attached hydrogen (secondary N) is 1. The number of methoxy groups -OCH3 is 1. The molecule has 156 valence electrons. The second-order valence-electron chi connectivity index (χ2n) is 7.16. The van der Waals surface area contributed by atoms with Gasteiger partial charge in [-0.2, -0.15) is 0 Å². The lowest BCUT2D eigenvalue weighted by Crippen LogP contribution is -2.33. The van der Waals surface area contributed by atoms with Crippen LogP contribution >= 0.6 is 0 Å². The Kier molecular flexibility index (Phi) is 5.28. The van der Waals surface area contributed by atoms with Gasteiger partial charge in [0.05, 0.1) is 19.2 Å². The summed E-state index contributed by atoms with van der Waals surface area (Å²) in [6.45, 7) is 0.115. The number of nitrogens with zero attached hydrogens (tertiary/aromatic N) is 2. The lowest BCUT2D eigenvalue weighted by atomic mass is 9.88. The minimum Gasteiger partial charge on any atom is -0.497 e. The molecule has 4 rings (SSSR count). The Labute approximate surface area is 177 Å². The van der Waals surface area contributed by atoms with Gasteiger partial charge >= 0.3 is 5.97 Å². The second kappa shape index (κ2) is 8.05. The molecule has 2 aromatic carbocycles. The molecule has 1 aliphatic heterocycles. The number of aliphatic hydroxyl groups is 1. The van der Waals surface area contributed by atoms with Crippen LogP contribution in [0.5, 0.6) is 5.75 Å². The fourth-order valence-electron chi connectivity index (χ4n) is 3.44. The molecule has 2 heterocycles. The van der Waals surface area contributed by atoms with Crippen LogP contribution in [0.1, 0.15) is 22.5 Å². The number of hydrogen-bond donors (Lipinski definition) is 3. The van der Waals surface area contributed by atoms with Crippen LogP contribution < -0.4 is 10.1 Å². The van der Waals surface area contributed by atoms with Gasteiger partial charge in [0, 0.05) is 29.1 Å². The van der Waals surface area contributed by atoms with Gasteiger partial charge in [0.2, 0.25) is 5.91 Å². The van der Waals surface area contributed by atoms with Gasteiger partial charge in [0.25, 0.3) is 0 Å². The highest BCUT2D eigenvalue weighted by Crippen LogP contribution is 2.27. The number of hydrogen-bond acceptors (Lipinski definition) is 6. The first-order chi connectivity index (χ1) is 15.0. The van der Waals surface area contributed by atoms with Gasteiger partial charge in [-0.25, -0.2) is 14.8 Å². The number of benzene rings is 2. The predicted molar refractivity (Wildman–Crippen MR) is 113 cm³/mol. The number of carbonyl (C=O) groups excluding carboxylic acids is 1. The Balaban J connectivity index is 1.78. The highest BCUT2D eigenvalue weighted by Gasteiger charge is 2.40. The molecular formula is C23H19N3O5. The van der Waals surface area contributed by atoms with Crippen LogP contribution in [0.25, 0.3) is 22.3 Å². The van der Waals surface area contributed by atoms with E-state index in [2.05, 4.69) is 27.1 Å². The maximum atomic E-state index is 12.1. The van der Waals surface area contributed by atoms with Gasteiger partial charge in [-0.1, -0.05) is 24.0 Å². The van der Waals surface area contributed by atoms with Gasteiger partial charge in [-0.15, -0.1) is 0 Å². The van der Waals surface area contributed by atoms with E-state index in [1.54, 1.807) is 42.5 Å². The molecule has 0 saturated carbocycles. The highest BCUT2D eigenvalue weighted by molar-refractivity contribution is 6.01. The second-order valence-corrected chi connectivity index (χ2v) is 7.16. The first-order valence-electron chi connectivity index (χ1n) is 9.57. The van der Waals surface area contributed by atoms with E-state index in [1.165, 1.54) is 7.11 Å². The van der Waals surface area contributed by atoms with Crippen molar-refractivity contribution in [2.75, 3.05) is 20.3 Å². The van der Waals surface area contributed by atoms with Crippen molar-refractivity contribution in [3.8, 4) is 29.0 Å². The number of carboxylic acids is 1. The van der Waals surface area contributed by atoms with E-state index < -0.39 is 11.4 Å². The summed E-state index contributed by atoms with van der Waals surface area (Å²) < 4.78 is 5.22. The predicted octanol–water partition coefficient (Wildman–Crippen LogP) is 1.85. The van der Waals surface area contributed by atoms with Crippen LogP contribution in [-0.2, 0) is 4.79 Å². The average Bonchev–Trinajstić information content (AvgIpc) is 3.17. The summed E-state index contributed by atoms with van der Waals surface area (Å²) in [4.78, 5) is 32.6. The van der Waals surface area contributed by atoms with Crippen LogP contribution in [0.2, 0.25) is 0 Å². The molecule has 0 aliphatic carbocycles. The molecule has 0 bridgehead atoms. The fraction of sp³-hybridized carbons (Fsp3) is 0.217. The molecular weight excluding hydrogens is 398 g/mol. The van der Waals surface area contributed by atoms with Crippen LogP contribution in [0.3, 0.4) is 0 Å². The van der Waals surface area contributed by atoms with Crippen molar-refractivity contribution in [1.82, 2.24) is 15.3 Å². The Morgan fingerprint density at radius 3 is 2.77 bits per heavy atom. The van der Waals surface area contributed by atoms with Gasteiger partial charge in [0.1, 0.15) is 11.2 Å². The Morgan fingerprint density at radius 1 is 1.26 bits per heavy atom. The van der Waals surface area contributed by atoms with E-state index in [-0.39, 0.29) is 24.0 Å². The minimum absolute atomic E-state index is 0.110. The third-order valence-electron chi connectivity index (χ3n) is 5.22. The van der Waals surface area contributed by atoms with Crippen LogP contribution in [0, 0.1) is 17.3 Å². The number of fused-ring (bicyclic) bond motifs is 1. The topological polar surface area (TPSA) is 122 Å². The van der Waals surface area contributed by atoms with Gasteiger partial charge in [-0.3, -0.25) is 4.79 Å². The number of rotatable bonds is 4. The van der Waals surface area contributed by atoms with Crippen molar-refractivity contribution < 1.29 is 24.5 Å². The molecule has 31 heavy (non-hydrogen) atoms. The van der Waals surface area contributed by atoms with E-state index in [0.29, 0.717) is 40.7 Å². The molecule has 0 spiro atoms. The summed E-state index contributed by atoms with van der Waals surface area (Å²) in [7, 11) is 1.52. The SMILES string of the molecule is COc1ccc2c(C(=O)O)nc(-c3cccc(C#C[C@@]4(CO)CCNC4=O)c3)nc2c1. The third-order valence-corrected chi connectivity index (χ3v) is 5.22. The average molecular weight is 417 g/mol. The highest BCUT2D eigenvalue weighted by atomic mass is 16.5. The summed E-state index contributed by atoms with van der Waals surface area (Å²) in [5, 5.41) is 22.4. The van der Waals surface area contributed by atoms with Crippen LogP contribution in [-0.4, -0.2) is 52.3 Å². The normalized spacial score (nSPS) is 17.7. The van der Waals surface area contributed by atoms with Crippen molar-refractivity contribution in [2.24, 2.45) is 5.41 Å². The Morgan fingerprint density at radius 2 is 2.10 bits per heavy atom. The largest absolute Gasteiger partial charge is 0.497 e. The van der Waals surface area contributed by atoms with E-state index in [0.717, 1.165) is 0 Å². The zero-order chi connectivity index (χ0) is 22.0. The standard InChI is InChI=1S/C23H19N3O5/c1-31-16-5-6-17-18(12-16)25-20(26-19(17)21(28)29)15-4-2-3-14(11-15)7-8-23(13-27)9-10-24-22(23)30/h2-6,11-12,27H,9-10,13H2,1H3,(H,24,30)(H,28,29)/t23-/m0/s1. The van der Waals surface area contributed by atoms with Gasteiger partial charge in [-0.05, 0) is 30.7 Å². The molecule has 1 amide bonds. The van der Waals surface area contributed by atoms with Crippen molar-refractivity contribution in [1.29, 1.82) is 0 Å². The number of aromatic nitrogens is 2. The monoisotopic (exact) mass is 417 g/mol. The Hall–Kier alpha value is -3.96. The molecule has 8 heteroatoms. The first-order valence-corrected chi connectivity index (χ1v) is 9.57. The van der Waals surface area contributed by atoms with Crippen LogP contribution in [0.15, 0.2) is 42.5 Å². The lowest BCUT2D eigenvalue weighted by Gasteiger charge is -2.15. The number of carbonyl (C=O) groups is 2. The van der Waals surface area contributed by atoms with Crippen molar-refractivity contribution in [2.45, 2.75) is 6.42 Å². The maximum absolute atomic E-state index is 12.1. The smallest absolute Gasteiger partial charge is 0.355 e. The zero-order valence-electron chi connectivity index (χ0n) is 16.7. The summed E-state index contributed by atoms with van der Waals surface area (Å²) in [5.41, 5.74) is 0.396. The molecule has 1 atom stereocenters. The Bertz CT molecular complexity index is 1260. The summed E-state index contributed by atoms with van der Waals surface area (Å²) >= 11 is 0. The maximum Gasteiger partial charge on any atom is 0.355 e. The molecule has 0 radical (unpaired) electrons. The first kappa shape index (κ1) is 20.3. The van der Waals surface area contributed by atoms with E-state index in [4.69, 9.17) is 4.74 Å². The van der Waals surface area contributed by atoms with E-state index in [9.17, 15) is 19.8 Å². The molecule has 3 N–H and O–H groups in total. The number of ether oxygens (including phenoxy) is 1. The minimum atomic E-state index is -1.16. The number of amides is 1. The van der Waals surface area contributed by atoms with Crippen molar-refractivity contribution in [3.05, 3.63) is 53.7 Å². The van der Waals surface area contributed by atoms with Crippen LogP contribution in [0.4, 0.5) is 0 Å². The zero-order valence-corrected chi connectivity index (χ0v) is 16.7. The molecule has 1 aliphatic rings. The summed E-state index contributed by atoms with van der Waals surface area (Å²) in [6, 6.07) is 11.9. The summed E-state index contributed by atoms with van der Waals surface area (Å²) in [6.07, 6.45) is 0.437. The molecule has 1 saturated heterocycles. The fourth-order valence-corrected chi connectivity index (χ4v) is 3.44. The molecule has 0 unspecified atom stereocenters. The van der Waals surface area contributed by atoms with E-state index in [1.807, 2.05) is 0 Å². The van der Waals surface area contributed by atoms with Gasteiger partial charge < -0.3 is 20.3 Å². The molecule has 3 aromatic rings. The van der Waals surface area contributed by atoms with Gasteiger partial charge in [0.15, 0.2) is 11.5 Å². The number of aliphatic hydroxyl groups excluding tert-OH is 1. The molecule has 8 nitrogen and oxygen atoms in total. The van der Waals surface area contributed by atoms with E-state index >= 15 is 0 Å². The molecule has 1 aromatic heterocycles. The summed E-state index contributed by atoms with van der Waals surface area (Å²) in [5.74, 6) is 5.19. The molecule has 1 fully saturated rings. The van der Waals surface area contributed by atoms with Crippen molar-refractivity contribution in [3.63, 3.8) is 0 Å². The quantitative estimate of drug-likeness (QED) is 0.554. The number of carboxylic acid groups (broad SMARTS) is 1. The number of aromatic carboxylic acids is 1.